The third kappa shape index (κ3) is 2.89. The van der Waals surface area contributed by atoms with Gasteiger partial charge in [0.05, 0.1) is 11.4 Å². The lowest BCUT2D eigenvalue weighted by molar-refractivity contribution is 0.0717. The van der Waals surface area contributed by atoms with Crippen molar-refractivity contribution in [1.29, 1.82) is 0 Å². The van der Waals surface area contributed by atoms with E-state index in [9.17, 15) is 4.79 Å². The van der Waals surface area contributed by atoms with Crippen LogP contribution in [0, 0.1) is 0 Å². The van der Waals surface area contributed by atoms with E-state index in [1.165, 1.54) is 11.3 Å². The van der Waals surface area contributed by atoms with Gasteiger partial charge in [0.25, 0.3) is 5.91 Å². The van der Waals surface area contributed by atoms with E-state index >= 15 is 0 Å². The number of hydrogen-bond acceptors (Lipinski definition) is 5. The van der Waals surface area contributed by atoms with E-state index in [1.807, 2.05) is 17.5 Å². The van der Waals surface area contributed by atoms with Gasteiger partial charge in [-0.25, -0.2) is 0 Å². The maximum atomic E-state index is 12.8. The molecule has 3 rings (SSSR count). The van der Waals surface area contributed by atoms with Crippen LogP contribution in [0.4, 0.5) is 0 Å². The zero-order chi connectivity index (χ0) is 14.8. The van der Waals surface area contributed by atoms with Crippen molar-refractivity contribution >= 4 is 43.8 Å². The number of nitrogens with two attached hydrogens (primary N) is 1. The van der Waals surface area contributed by atoms with E-state index in [0.29, 0.717) is 0 Å². The second-order valence-electron chi connectivity index (χ2n) is 5.22. The summed E-state index contributed by atoms with van der Waals surface area (Å²) in [5.41, 5.74) is 5.62. The van der Waals surface area contributed by atoms with Gasteiger partial charge in [-0.05, 0) is 30.4 Å². The van der Waals surface area contributed by atoms with Crippen molar-refractivity contribution in [2.75, 3.05) is 6.54 Å². The van der Waals surface area contributed by atoms with Crippen LogP contribution < -0.4 is 5.73 Å². The zero-order valence-electron chi connectivity index (χ0n) is 11.5. The van der Waals surface area contributed by atoms with Crippen molar-refractivity contribution in [3.8, 4) is 0 Å². The highest BCUT2D eigenvalue weighted by Gasteiger charge is 2.29. The number of carbonyl (C=O) groups is 1. The van der Waals surface area contributed by atoms with Crippen LogP contribution in [-0.4, -0.2) is 34.4 Å². The molecular weight excluding hydrogens is 306 g/mol. The molecule has 0 unspecified atom stereocenters. The maximum Gasteiger partial charge on any atom is 0.264 e. The van der Waals surface area contributed by atoms with Crippen LogP contribution in [0.5, 0.6) is 0 Å². The number of fused-ring (bicyclic) bond motifs is 1. The van der Waals surface area contributed by atoms with Gasteiger partial charge in [0.15, 0.2) is 5.84 Å². The third-order valence-corrected chi connectivity index (χ3v) is 5.92. The summed E-state index contributed by atoms with van der Waals surface area (Å²) in [6.45, 7) is 0.186. The predicted molar refractivity (Wildman–Crippen MR) is 86.4 cm³/mol. The summed E-state index contributed by atoms with van der Waals surface area (Å²) in [5, 5.41) is 13.8. The summed E-state index contributed by atoms with van der Waals surface area (Å²) in [6, 6.07) is 4.17. The van der Waals surface area contributed by atoms with E-state index in [4.69, 9.17) is 10.9 Å². The number of thiophene rings is 2. The summed E-state index contributed by atoms with van der Waals surface area (Å²) in [7, 11) is 0. The molecule has 1 saturated carbocycles. The molecule has 0 radical (unpaired) electrons. The Morgan fingerprint density at radius 1 is 1.43 bits per heavy atom. The molecule has 3 N–H and O–H groups in total. The molecule has 7 heteroatoms. The monoisotopic (exact) mass is 323 g/mol. The molecule has 1 amide bonds. The summed E-state index contributed by atoms with van der Waals surface area (Å²) < 4.78 is 2.28. The van der Waals surface area contributed by atoms with E-state index in [0.717, 1.165) is 40.0 Å². The molecule has 1 aliphatic carbocycles. The first-order valence-electron chi connectivity index (χ1n) is 6.93. The fourth-order valence-corrected chi connectivity index (χ4v) is 4.87. The first-order chi connectivity index (χ1) is 10.2. The minimum Gasteiger partial charge on any atom is -0.409 e. The number of nitrogens with zero attached hydrogens (tertiary/aromatic N) is 2. The SMILES string of the molecule is N/C(CN(C(=O)c1cc2sccc2s1)C1CCCC1)=N/O. The minimum atomic E-state index is -0.0121. The Kier molecular flexibility index (Phi) is 4.12. The number of amidine groups is 1. The number of amides is 1. The molecule has 0 saturated heterocycles. The van der Waals surface area contributed by atoms with Gasteiger partial charge in [0.2, 0.25) is 0 Å². The molecule has 1 aliphatic rings. The molecule has 112 valence electrons. The van der Waals surface area contributed by atoms with Crippen LogP contribution in [0.2, 0.25) is 0 Å². The highest BCUT2D eigenvalue weighted by Crippen LogP contribution is 2.32. The topological polar surface area (TPSA) is 78.9 Å². The number of hydrogen-bond donors (Lipinski definition) is 2. The van der Waals surface area contributed by atoms with Crippen LogP contribution in [0.15, 0.2) is 22.7 Å². The Balaban J connectivity index is 1.86. The van der Waals surface area contributed by atoms with E-state index in [-0.39, 0.29) is 24.3 Å². The van der Waals surface area contributed by atoms with Gasteiger partial charge in [0.1, 0.15) is 0 Å². The molecule has 5 nitrogen and oxygen atoms in total. The molecule has 0 aliphatic heterocycles. The number of oxime groups is 1. The van der Waals surface area contributed by atoms with Gasteiger partial charge in [0, 0.05) is 15.4 Å². The van der Waals surface area contributed by atoms with Crippen molar-refractivity contribution in [2.24, 2.45) is 10.9 Å². The van der Waals surface area contributed by atoms with Gasteiger partial charge in [-0.2, -0.15) is 0 Å². The van der Waals surface area contributed by atoms with Crippen molar-refractivity contribution in [1.82, 2.24) is 4.90 Å². The Hall–Kier alpha value is -1.60. The van der Waals surface area contributed by atoms with E-state index in [2.05, 4.69) is 5.16 Å². The quantitative estimate of drug-likeness (QED) is 0.393. The Bertz CT molecular complexity index is 642. The Labute approximate surface area is 130 Å². The molecular formula is C14H17N3O2S2. The number of rotatable bonds is 4. The largest absolute Gasteiger partial charge is 0.409 e. The average Bonchev–Trinajstić information content (AvgIpc) is 3.18. The van der Waals surface area contributed by atoms with Gasteiger partial charge < -0.3 is 15.8 Å². The van der Waals surface area contributed by atoms with Crippen molar-refractivity contribution in [3.05, 3.63) is 22.4 Å². The molecule has 2 aromatic heterocycles. The summed E-state index contributed by atoms with van der Waals surface area (Å²) in [5.74, 6) is 0.0653. The molecule has 2 heterocycles. The highest BCUT2D eigenvalue weighted by atomic mass is 32.1. The van der Waals surface area contributed by atoms with Crippen molar-refractivity contribution < 1.29 is 10.0 Å². The first kappa shape index (κ1) is 14.3. The van der Waals surface area contributed by atoms with Crippen LogP contribution >= 0.6 is 22.7 Å². The van der Waals surface area contributed by atoms with Crippen LogP contribution in [0.1, 0.15) is 35.4 Å². The molecule has 0 atom stereocenters. The van der Waals surface area contributed by atoms with Gasteiger partial charge in [-0.3, -0.25) is 4.79 Å². The fourth-order valence-electron chi connectivity index (χ4n) is 2.80. The van der Waals surface area contributed by atoms with Crippen LogP contribution in [-0.2, 0) is 0 Å². The maximum absolute atomic E-state index is 12.8. The summed E-state index contributed by atoms with van der Waals surface area (Å²) in [6.07, 6.45) is 4.24. The predicted octanol–water partition coefficient (Wildman–Crippen LogP) is 3.09. The average molecular weight is 323 g/mol. The van der Waals surface area contributed by atoms with E-state index in [1.54, 1.807) is 16.2 Å². The number of carbonyl (C=O) groups excluding carboxylic acids is 1. The van der Waals surface area contributed by atoms with Gasteiger partial charge >= 0.3 is 0 Å². The first-order valence-corrected chi connectivity index (χ1v) is 8.63. The molecule has 0 aromatic carbocycles. The molecule has 1 fully saturated rings. The molecule has 21 heavy (non-hydrogen) atoms. The van der Waals surface area contributed by atoms with Gasteiger partial charge in [-0.1, -0.05) is 18.0 Å². The van der Waals surface area contributed by atoms with E-state index < -0.39 is 0 Å². The zero-order valence-corrected chi connectivity index (χ0v) is 13.1. The lowest BCUT2D eigenvalue weighted by Crippen LogP contribution is -2.44. The van der Waals surface area contributed by atoms with Crippen molar-refractivity contribution in [2.45, 2.75) is 31.7 Å². The molecule has 2 aromatic rings. The van der Waals surface area contributed by atoms with Crippen LogP contribution in [0.25, 0.3) is 9.40 Å². The van der Waals surface area contributed by atoms with Crippen molar-refractivity contribution in [3.63, 3.8) is 0 Å². The highest BCUT2D eigenvalue weighted by molar-refractivity contribution is 7.27. The summed E-state index contributed by atoms with van der Waals surface area (Å²) >= 11 is 3.15. The Morgan fingerprint density at radius 3 is 2.86 bits per heavy atom. The molecule has 0 bridgehead atoms. The normalized spacial score (nSPS) is 16.7. The lowest BCUT2D eigenvalue weighted by atomic mass is 10.2. The Morgan fingerprint density at radius 2 is 2.19 bits per heavy atom. The second kappa shape index (κ2) is 6.03. The molecule has 0 spiro atoms. The van der Waals surface area contributed by atoms with Crippen LogP contribution in [0.3, 0.4) is 0 Å². The van der Waals surface area contributed by atoms with Gasteiger partial charge in [-0.15, -0.1) is 22.7 Å². The standard InChI is InChI=1S/C14H17N3O2S2/c15-13(16-19)8-17(9-3-1-2-4-9)14(18)12-7-11-10(21-12)5-6-20-11/h5-7,9,19H,1-4,8H2,(H2,15,16). The lowest BCUT2D eigenvalue weighted by Gasteiger charge is -2.28. The fraction of sp³-hybridized carbons (Fsp3) is 0.429. The summed E-state index contributed by atoms with van der Waals surface area (Å²) in [4.78, 5) is 15.3. The third-order valence-electron chi connectivity index (χ3n) is 3.84. The smallest absolute Gasteiger partial charge is 0.264 e. The minimum absolute atomic E-state index is 0.0121. The second-order valence-corrected chi connectivity index (χ2v) is 7.25.